The van der Waals surface area contributed by atoms with Crippen LogP contribution in [0.2, 0.25) is 0 Å². The van der Waals surface area contributed by atoms with Gasteiger partial charge in [0.15, 0.2) is 0 Å². The van der Waals surface area contributed by atoms with Crippen LogP contribution in [-0.2, 0) is 0 Å². The molecular weight excluding hydrogens is 307 g/mol. The quantitative estimate of drug-likeness (QED) is 0.783. The Hall–Kier alpha value is -2.82. The molecule has 0 bridgehead atoms. The number of amides is 1. The van der Waals surface area contributed by atoms with Crippen LogP contribution in [0, 0.1) is 5.82 Å². The highest BCUT2D eigenvalue weighted by atomic mass is 19.1. The predicted octanol–water partition coefficient (Wildman–Crippen LogP) is 4.15. The summed E-state index contributed by atoms with van der Waals surface area (Å²) in [6, 6.07) is 13.8. The van der Waals surface area contributed by atoms with Crippen LogP contribution in [0.4, 0.5) is 4.39 Å². The van der Waals surface area contributed by atoms with E-state index in [-0.39, 0.29) is 17.8 Å². The van der Waals surface area contributed by atoms with Crippen LogP contribution in [0.3, 0.4) is 0 Å². The topological polar surface area (TPSA) is 45.3 Å². The van der Waals surface area contributed by atoms with Crippen molar-refractivity contribution >= 4 is 16.8 Å². The summed E-state index contributed by atoms with van der Waals surface area (Å²) >= 11 is 0. The summed E-state index contributed by atoms with van der Waals surface area (Å²) in [5, 5.41) is 0.423. The molecule has 2 aromatic carbocycles. The number of hydrogen-bond donors (Lipinski definition) is 1. The van der Waals surface area contributed by atoms with Crippen LogP contribution in [-0.4, -0.2) is 29.9 Å². The monoisotopic (exact) mass is 326 g/mol. The van der Waals surface area contributed by atoms with Crippen molar-refractivity contribution in [1.29, 1.82) is 0 Å². The van der Waals surface area contributed by atoms with Crippen molar-refractivity contribution in [3.05, 3.63) is 65.6 Å². The van der Waals surface area contributed by atoms with Crippen LogP contribution in [0.25, 0.3) is 10.9 Å². The van der Waals surface area contributed by atoms with Gasteiger partial charge in [-0.1, -0.05) is 18.2 Å². The first-order valence-electron chi connectivity index (χ1n) is 7.69. The van der Waals surface area contributed by atoms with Crippen LogP contribution in [0.5, 0.6) is 5.75 Å². The van der Waals surface area contributed by atoms with Gasteiger partial charge in [0.1, 0.15) is 17.3 Å². The molecule has 1 aromatic heterocycles. The second-order valence-corrected chi connectivity index (χ2v) is 5.75. The molecule has 0 spiro atoms. The van der Waals surface area contributed by atoms with E-state index < -0.39 is 0 Å². The Morgan fingerprint density at radius 1 is 1.21 bits per heavy atom. The predicted molar refractivity (Wildman–Crippen MR) is 91.8 cm³/mol. The van der Waals surface area contributed by atoms with E-state index in [9.17, 15) is 9.18 Å². The van der Waals surface area contributed by atoms with E-state index in [4.69, 9.17) is 4.74 Å². The lowest BCUT2D eigenvalue weighted by atomic mass is 10.1. The minimum atomic E-state index is -0.339. The molecule has 1 atom stereocenters. The highest BCUT2D eigenvalue weighted by molar-refractivity contribution is 5.98. The van der Waals surface area contributed by atoms with E-state index in [1.807, 2.05) is 31.2 Å². The van der Waals surface area contributed by atoms with Crippen molar-refractivity contribution in [2.24, 2.45) is 0 Å². The lowest BCUT2D eigenvalue weighted by Gasteiger charge is -2.25. The van der Waals surface area contributed by atoms with Gasteiger partial charge >= 0.3 is 0 Å². The van der Waals surface area contributed by atoms with Gasteiger partial charge in [-0.3, -0.25) is 4.79 Å². The van der Waals surface area contributed by atoms with Gasteiger partial charge in [-0.05, 0) is 42.8 Å². The molecule has 0 aliphatic carbocycles. The zero-order valence-corrected chi connectivity index (χ0v) is 13.8. The van der Waals surface area contributed by atoms with E-state index in [0.29, 0.717) is 16.6 Å². The summed E-state index contributed by atoms with van der Waals surface area (Å²) in [6.45, 7) is 1.95. The molecule has 0 aliphatic heterocycles. The Kier molecular flexibility index (Phi) is 4.25. The Bertz CT molecular complexity index is 871. The fourth-order valence-electron chi connectivity index (χ4n) is 2.71. The molecule has 0 saturated carbocycles. The van der Waals surface area contributed by atoms with Gasteiger partial charge in [0.25, 0.3) is 5.91 Å². The third-order valence-electron chi connectivity index (χ3n) is 4.34. The van der Waals surface area contributed by atoms with Gasteiger partial charge in [0, 0.05) is 18.0 Å². The molecule has 1 amide bonds. The molecule has 5 heteroatoms. The van der Waals surface area contributed by atoms with Crippen molar-refractivity contribution < 1.29 is 13.9 Å². The molecular formula is C19H19FN2O2. The van der Waals surface area contributed by atoms with Crippen LogP contribution in [0.1, 0.15) is 29.0 Å². The summed E-state index contributed by atoms with van der Waals surface area (Å²) in [6.07, 6.45) is 0. The van der Waals surface area contributed by atoms with Crippen molar-refractivity contribution in [2.75, 3.05) is 14.2 Å². The van der Waals surface area contributed by atoms with Crippen LogP contribution < -0.4 is 4.74 Å². The molecule has 0 aliphatic rings. The molecule has 1 N–H and O–H groups in total. The van der Waals surface area contributed by atoms with E-state index in [1.165, 1.54) is 6.07 Å². The zero-order valence-electron chi connectivity index (χ0n) is 13.8. The van der Waals surface area contributed by atoms with Gasteiger partial charge < -0.3 is 14.6 Å². The van der Waals surface area contributed by atoms with Gasteiger partial charge in [-0.15, -0.1) is 0 Å². The van der Waals surface area contributed by atoms with E-state index in [2.05, 4.69) is 4.98 Å². The Balaban J connectivity index is 1.85. The first kappa shape index (κ1) is 16.1. The summed E-state index contributed by atoms with van der Waals surface area (Å²) in [4.78, 5) is 17.3. The first-order valence-corrected chi connectivity index (χ1v) is 7.69. The number of rotatable bonds is 4. The number of nitrogens with zero attached hydrogens (tertiary/aromatic N) is 1. The van der Waals surface area contributed by atoms with Gasteiger partial charge in [-0.2, -0.15) is 0 Å². The van der Waals surface area contributed by atoms with Crippen molar-refractivity contribution in [2.45, 2.75) is 13.0 Å². The minimum Gasteiger partial charge on any atom is -0.497 e. The zero-order chi connectivity index (χ0) is 17.3. The van der Waals surface area contributed by atoms with Crippen molar-refractivity contribution in [3.8, 4) is 5.75 Å². The molecule has 24 heavy (non-hydrogen) atoms. The second-order valence-electron chi connectivity index (χ2n) is 5.75. The lowest BCUT2D eigenvalue weighted by Crippen LogP contribution is -2.29. The number of halogens is 1. The number of aromatic amines is 1. The largest absolute Gasteiger partial charge is 0.497 e. The molecule has 124 valence electrons. The third-order valence-corrected chi connectivity index (χ3v) is 4.34. The van der Waals surface area contributed by atoms with Gasteiger partial charge in [0.05, 0.1) is 13.2 Å². The number of methoxy groups -OCH3 is 1. The minimum absolute atomic E-state index is 0.125. The number of benzene rings is 2. The number of H-pyrrole nitrogens is 1. The molecule has 4 nitrogen and oxygen atoms in total. The summed E-state index contributed by atoms with van der Waals surface area (Å²) in [7, 11) is 3.35. The normalized spacial score (nSPS) is 12.2. The maximum absolute atomic E-state index is 13.8. The number of ether oxygens (including phenoxy) is 1. The van der Waals surface area contributed by atoms with Crippen molar-refractivity contribution in [1.82, 2.24) is 9.88 Å². The molecule has 0 fully saturated rings. The SMILES string of the molecule is COc1ccc(C(C)N(C)C(=O)c2cc3c(F)cccc3[nH]2)cc1. The third kappa shape index (κ3) is 2.85. The van der Waals surface area contributed by atoms with Crippen LogP contribution >= 0.6 is 0 Å². The van der Waals surface area contributed by atoms with E-state index >= 15 is 0 Å². The highest BCUT2D eigenvalue weighted by Gasteiger charge is 2.21. The summed E-state index contributed by atoms with van der Waals surface area (Å²) < 4.78 is 19.0. The molecule has 3 aromatic rings. The van der Waals surface area contributed by atoms with Gasteiger partial charge in [-0.25, -0.2) is 4.39 Å². The molecule has 0 saturated heterocycles. The average Bonchev–Trinajstić information content (AvgIpc) is 3.05. The lowest BCUT2D eigenvalue weighted by molar-refractivity contribution is 0.0737. The standard InChI is InChI=1S/C19H19FN2O2/c1-12(13-7-9-14(24-3)10-8-13)22(2)19(23)18-11-15-16(20)5-4-6-17(15)21-18/h4-12,21H,1-3H3. The number of aromatic nitrogens is 1. The Morgan fingerprint density at radius 3 is 2.54 bits per heavy atom. The molecule has 3 rings (SSSR count). The summed E-state index contributed by atoms with van der Waals surface area (Å²) in [5.41, 5.74) is 1.98. The van der Waals surface area contributed by atoms with Gasteiger partial charge in [0.2, 0.25) is 0 Å². The average molecular weight is 326 g/mol. The van der Waals surface area contributed by atoms with E-state index in [1.54, 1.807) is 37.3 Å². The Morgan fingerprint density at radius 2 is 1.92 bits per heavy atom. The van der Waals surface area contributed by atoms with E-state index in [0.717, 1.165) is 11.3 Å². The Labute approximate surface area is 139 Å². The highest BCUT2D eigenvalue weighted by Crippen LogP contribution is 2.25. The maximum Gasteiger partial charge on any atom is 0.270 e. The van der Waals surface area contributed by atoms with Crippen molar-refractivity contribution in [3.63, 3.8) is 0 Å². The van der Waals surface area contributed by atoms with Crippen LogP contribution in [0.15, 0.2) is 48.5 Å². The number of carbonyl (C=O) groups excluding carboxylic acids is 1. The molecule has 1 heterocycles. The second kappa shape index (κ2) is 6.35. The number of fused-ring (bicyclic) bond motifs is 1. The first-order chi connectivity index (χ1) is 11.5. The molecule has 1 unspecified atom stereocenters. The fraction of sp³-hybridized carbons (Fsp3) is 0.211. The fourth-order valence-corrected chi connectivity index (χ4v) is 2.71. The number of carbonyl (C=O) groups is 1. The smallest absolute Gasteiger partial charge is 0.270 e. The maximum atomic E-state index is 13.8. The number of nitrogens with one attached hydrogen (secondary N) is 1. The number of hydrogen-bond acceptors (Lipinski definition) is 2. The molecule has 0 radical (unpaired) electrons. The summed E-state index contributed by atoms with van der Waals surface area (Å²) in [5.74, 6) is 0.244.